The van der Waals surface area contributed by atoms with Crippen LogP contribution in [0.5, 0.6) is 5.75 Å². The van der Waals surface area contributed by atoms with E-state index >= 15 is 0 Å². The van der Waals surface area contributed by atoms with Crippen LogP contribution in [0.25, 0.3) is 0 Å². The number of carbonyl (C=O) groups is 1. The maximum Gasteiger partial charge on any atom is 0.251 e. The number of carbonyl (C=O) groups excluding carboxylic acids is 1. The van der Waals surface area contributed by atoms with E-state index in [2.05, 4.69) is 10.7 Å². The number of benzene rings is 1. The molecule has 0 spiro atoms. The van der Waals surface area contributed by atoms with Crippen molar-refractivity contribution in [2.24, 2.45) is 5.84 Å². The highest BCUT2D eigenvalue weighted by molar-refractivity contribution is 5.94. The van der Waals surface area contributed by atoms with Crippen molar-refractivity contribution in [3.63, 3.8) is 0 Å². The number of hydrogen-bond donors (Lipinski definition) is 3. The Kier molecular flexibility index (Phi) is 6.33. The molecule has 0 saturated carbocycles. The molecule has 6 heteroatoms. The molecular weight excluding hydrogens is 273 g/mol. The van der Waals surface area contributed by atoms with Crippen molar-refractivity contribution >= 4 is 5.91 Å². The Bertz CT molecular complexity index is 493. The van der Waals surface area contributed by atoms with Crippen molar-refractivity contribution in [1.82, 2.24) is 10.7 Å². The molecule has 1 aromatic carbocycles. The molecule has 0 aliphatic carbocycles. The molecule has 4 N–H and O–H groups in total. The van der Waals surface area contributed by atoms with E-state index in [1.54, 1.807) is 24.3 Å². The number of rotatable bonds is 6. The fraction of sp³-hybridized carbons (Fsp3) is 0.400. The lowest BCUT2D eigenvalue weighted by Gasteiger charge is -2.20. The maximum absolute atomic E-state index is 12.5. The minimum Gasteiger partial charge on any atom is -0.489 e. The van der Waals surface area contributed by atoms with Crippen molar-refractivity contribution in [2.45, 2.75) is 26.3 Å². The van der Waals surface area contributed by atoms with Crippen LogP contribution in [-0.4, -0.2) is 24.6 Å². The maximum atomic E-state index is 12.5. The van der Waals surface area contributed by atoms with Crippen LogP contribution in [0.4, 0.5) is 4.39 Å². The van der Waals surface area contributed by atoms with E-state index in [4.69, 9.17) is 10.6 Å². The SMILES string of the molecule is CC(C)(C)NC(=O)c1ccc(OC/C(=C/F)CNN)cc1. The Morgan fingerprint density at radius 2 is 1.95 bits per heavy atom. The van der Waals surface area contributed by atoms with Gasteiger partial charge in [-0.3, -0.25) is 16.1 Å². The van der Waals surface area contributed by atoms with E-state index in [-0.39, 0.29) is 24.6 Å². The van der Waals surface area contributed by atoms with Gasteiger partial charge in [0.1, 0.15) is 12.4 Å². The van der Waals surface area contributed by atoms with Gasteiger partial charge in [-0.05, 0) is 45.0 Å². The van der Waals surface area contributed by atoms with Crippen LogP contribution in [0.15, 0.2) is 36.2 Å². The Morgan fingerprint density at radius 3 is 2.43 bits per heavy atom. The van der Waals surface area contributed by atoms with Gasteiger partial charge in [0, 0.05) is 23.2 Å². The first kappa shape index (κ1) is 17.1. The Hall–Kier alpha value is -1.92. The molecule has 5 nitrogen and oxygen atoms in total. The zero-order chi connectivity index (χ0) is 15.9. The van der Waals surface area contributed by atoms with E-state index in [0.717, 1.165) is 0 Å². The van der Waals surface area contributed by atoms with Gasteiger partial charge in [-0.1, -0.05) is 0 Å². The highest BCUT2D eigenvalue weighted by Gasteiger charge is 2.15. The average molecular weight is 295 g/mol. The van der Waals surface area contributed by atoms with Crippen LogP contribution in [0.2, 0.25) is 0 Å². The standard InChI is InChI=1S/C15H22FN3O2/c1-15(2,3)19-14(20)12-4-6-13(7-5-12)21-10-11(8-16)9-18-17/h4-8,18H,9-10,17H2,1-3H3,(H,19,20)/b11-8+. The molecule has 116 valence electrons. The van der Waals surface area contributed by atoms with Gasteiger partial charge in [0.15, 0.2) is 0 Å². The van der Waals surface area contributed by atoms with E-state index in [0.29, 0.717) is 23.2 Å². The summed E-state index contributed by atoms with van der Waals surface area (Å²) in [6, 6.07) is 6.67. The summed E-state index contributed by atoms with van der Waals surface area (Å²) in [5, 5.41) is 2.87. The Morgan fingerprint density at radius 1 is 1.33 bits per heavy atom. The summed E-state index contributed by atoms with van der Waals surface area (Å²) in [6.07, 6.45) is 0.463. The Labute approximate surface area is 124 Å². The van der Waals surface area contributed by atoms with Crippen molar-refractivity contribution in [3.05, 3.63) is 41.7 Å². The third-order valence-corrected chi connectivity index (χ3v) is 2.51. The molecule has 0 aliphatic heterocycles. The first-order valence-corrected chi connectivity index (χ1v) is 6.62. The average Bonchev–Trinajstić information content (AvgIpc) is 2.42. The number of ether oxygens (including phenoxy) is 1. The van der Waals surface area contributed by atoms with Crippen LogP contribution in [-0.2, 0) is 0 Å². The van der Waals surface area contributed by atoms with E-state index < -0.39 is 0 Å². The summed E-state index contributed by atoms with van der Waals surface area (Å²) in [4.78, 5) is 11.9. The molecule has 0 saturated heterocycles. The molecule has 1 amide bonds. The molecule has 1 rings (SSSR count). The first-order valence-electron chi connectivity index (χ1n) is 6.62. The predicted molar refractivity (Wildman–Crippen MR) is 80.5 cm³/mol. The van der Waals surface area contributed by atoms with Gasteiger partial charge in [-0.25, -0.2) is 4.39 Å². The first-order chi connectivity index (χ1) is 9.85. The molecule has 0 radical (unpaired) electrons. The van der Waals surface area contributed by atoms with Crippen LogP contribution >= 0.6 is 0 Å². The lowest BCUT2D eigenvalue weighted by molar-refractivity contribution is 0.0919. The van der Waals surface area contributed by atoms with Crippen molar-refractivity contribution in [2.75, 3.05) is 13.2 Å². The number of nitrogens with one attached hydrogen (secondary N) is 2. The number of amides is 1. The molecule has 0 fully saturated rings. The quantitative estimate of drug-likeness (QED) is 0.553. The molecule has 0 bridgehead atoms. The second-order valence-corrected chi connectivity index (χ2v) is 5.67. The van der Waals surface area contributed by atoms with Crippen molar-refractivity contribution < 1.29 is 13.9 Å². The third kappa shape index (κ3) is 6.37. The number of hydrazine groups is 1. The van der Waals surface area contributed by atoms with Crippen LogP contribution in [0.3, 0.4) is 0 Å². The number of nitrogens with two attached hydrogens (primary N) is 1. The predicted octanol–water partition coefficient (Wildman–Crippen LogP) is 1.91. The largest absolute Gasteiger partial charge is 0.489 e. The minimum atomic E-state index is -0.289. The summed E-state index contributed by atoms with van der Waals surface area (Å²) in [5.74, 6) is 5.53. The van der Waals surface area contributed by atoms with E-state index in [1.165, 1.54) is 0 Å². The van der Waals surface area contributed by atoms with Gasteiger partial charge < -0.3 is 10.1 Å². The molecule has 0 unspecified atom stereocenters. The Balaban J connectivity index is 2.60. The van der Waals surface area contributed by atoms with Gasteiger partial charge in [-0.15, -0.1) is 0 Å². The third-order valence-electron chi connectivity index (χ3n) is 2.51. The fourth-order valence-electron chi connectivity index (χ4n) is 1.54. The molecule has 0 heterocycles. The van der Waals surface area contributed by atoms with E-state index in [1.807, 2.05) is 20.8 Å². The van der Waals surface area contributed by atoms with Gasteiger partial charge >= 0.3 is 0 Å². The number of hydrogen-bond acceptors (Lipinski definition) is 4. The second-order valence-electron chi connectivity index (χ2n) is 5.67. The van der Waals surface area contributed by atoms with Gasteiger partial charge in [0.05, 0.1) is 6.33 Å². The monoisotopic (exact) mass is 295 g/mol. The lowest BCUT2D eigenvalue weighted by Crippen LogP contribution is -2.40. The molecule has 0 aromatic heterocycles. The smallest absolute Gasteiger partial charge is 0.251 e. The van der Waals surface area contributed by atoms with Crippen molar-refractivity contribution in [3.8, 4) is 5.75 Å². The highest BCUT2D eigenvalue weighted by atomic mass is 19.1. The second kappa shape index (κ2) is 7.75. The van der Waals surface area contributed by atoms with Gasteiger partial charge in [0.2, 0.25) is 0 Å². The summed E-state index contributed by atoms with van der Waals surface area (Å²) < 4.78 is 17.9. The highest BCUT2D eigenvalue weighted by Crippen LogP contribution is 2.14. The topological polar surface area (TPSA) is 76.4 Å². The zero-order valence-corrected chi connectivity index (χ0v) is 12.6. The molecule has 0 aliphatic rings. The molecule has 1 aromatic rings. The normalized spacial score (nSPS) is 12.1. The van der Waals surface area contributed by atoms with E-state index in [9.17, 15) is 9.18 Å². The molecule has 0 atom stereocenters. The zero-order valence-electron chi connectivity index (χ0n) is 12.6. The lowest BCUT2D eigenvalue weighted by atomic mass is 10.1. The van der Waals surface area contributed by atoms with Gasteiger partial charge in [-0.2, -0.15) is 0 Å². The van der Waals surface area contributed by atoms with Gasteiger partial charge in [0.25, 0.3) is 5.91 Å². The van der Waals surface area contributed by atoms with Crippen molar-refractivity contribution in [1.29, 1.82) is 0 Å². The summed E-state index contributed by atoms with van der Waals surface area (Å²) in [6.45, 7) is 6.05. The fourth-order valence-corrected chi connectivity index (χ4v) is 1.54. The minimum absolute atomic E-state index is 0.0915. The van der Waals surface area contributed by atoms with Crippen LogP contribution in [0, 0.1) is 0 Å². The van der Waals surface area contributed by atoms with Crippen LogP contribution < -0.4 is 21.3 Å². The summed E-state index contributed by atoms with van der Waals surface area (Å²) in [5.41, 5.74) is 3.01. The summed E-state index contributed by atoms with van der Waals surface area (Å²) >= 11 is 0. The van der Waals surface area contributed by atoms with Crippen LogP contribution in [0.1, 0.15) is 31.1 Å². The summed E-state index contributed by atoms with van der Waals surface area (Å²) in [7, 11) is 0. The molecule has 21 heavy (non-hydrogen) atoms. The number of halogens is 1. The molecular formula is C15H22FN3O2.